The Bertz CT molecular complexity index is 359. The Hall–Kier alpha value is -1.85. The van der Waals surface area contributed by atoms with Gasteiger partial charge in [0.2, 0.25) is 5.91 Å². The first-order chi connectivity index (χ1) is 7.09. The summed E-state index contributed by atoms with van der Waals surface area (Å²) in [5.41, 5.74) is 0. The van der Waals surface area contributed by atoms with Gasteiger partial charge in [-0.15, -0.1) is 0 Å². The Labute approximate surface area is 86.9 Å². The van der Waals surface area contributed by atoms with Crippen LogP contribution in [0.25, 0.3) is 0 Å². The van der Waals surface area contributed by atoms with E-state index in [1.54, 1.807) is 6.20 Å². The Morgan fingerprint density at radius 3 is 2.87 bits per heavy atom. The highest BCUT2D eigenvalue weighted by molar-refractivity contribution is 5.93. The first kappa shape index (κ1) is 11.2. The summed E-state index contributed by atoms with van der Waals surface area (Å²) in [6.07, 6.45) is 3.60. The maximum Gasteiger partial charge on any atom is 0.312 e. The lowest BCUT2D eigenvalue weighted by atomic mass is 10.3. The van der Waals surface area contributed by atoms with Crippen molar-refractivity contribution >= 4 is 11.9 Å². The van der Waals surface area contributed by atoms with Crippen molar-refractivity contribution in [1.29, 1.82) is 0 Å². The number of aliphatic carboxylic acids is 1. The van der Waals surface area contributed by atoms with Crippen LogP contribution in [0.15, 0.2) is 12.4 Å². The zero-order valence-electron chi connectivity index (χ0n) is 8.43. The van der Waals surface area contributed by atoms with Crippen molar-refractivity contribution in [2.75, 3.05) is 6.54 Å². The molecule has 0 aliphatic rings. The smallest absolute Gasteiger partial charge is 0.312 e. The molecule has 1 amide bonds. The van der Waals surface area contributed by atoms with Gasteiger partial charge < -0.3 is 15.0 Å². The normalized spacial score (nSPS) is 9.93. The third kappa shape index (κ3) is 3.80. The topological polar surface area (TPSA) is 84.2 Å². The lowest BCUT2D eigenvalue weighted by Gasteiger charge is -2.03. The fraction of sp³-hybridized carbons (Fsp3) is 0.444. The van der Waals surface area contributed by atoms with Crippen LogP contribution in [0.5, 0.6) is 0 Å². The number of aryl methyl sites for hydroxylation is 1. The van der Waals surface area contributed by atoms with Crippen LogP contribution in [0.1, 0.15) is 12.2 Å². The lowest BCUT2D eigenvalue weighted by Crippen LogP contribution is -2.28. The van der Waals surface area contributed by atoms with E-state index in [1.165, 1.54) is 0 Å². The van der Waals surface area contributed by atoms with Gasteiger partial charge in [0.1, 0.15) is 12.2 Å². The van der Waals surface area contributed by atoms with Crippen LogP contribution in [0.3, 0.4) is 0 Å². The third-order valence-electron chi connectivity index (χ3n) is 1.90. The van der Waals surface area contributed by atoms with E-state index in [2.05, 4.69) is 10.3 Å². The summed E-state index contributed by atoms with van der Waals surface area (Å²) in [7, 11) is 1.86. The number of amides is 1. The summed E-state index contributed by atoms with van der Waals surface area (Å²) in [6, 6.07) is 0. The minimum atomic E-state index is -1.12. The molecule has 0 saturated carbocycles. The van der Waals surface area contributed by atoms with Crippen molar-refractivity contribution in [2.45, 2.75) is 12.8 Å². The molecule has 0 aliphatic carbocycles. The van der Waals surface area contributed by atoms with E-state index >= 15 is 0 Å². The molecule has 15 heavy (non-hydrogen) atoms. The van der Waals surface area contributed by atoms with Crippen molar-refractivity contribution in [3.05, 3.63) is 18.2 Å². The average Bonchev–Trinajstić information content (AvgIpc) is 2.50. The van der Waals surface area contributed by atoms with Crippen molar-refractivity contribution in [1.82, 2.24) is 14.9 Å². The van der Waals surface area contributed by atoms with Gasteiger partial charge in [-0.25, -0.2) is 4.98 Å². The van der Waals surface area contributed by atoms with Crippen LogP contribution in [-0.4, -0.2) is 33.1 Å². The number of carboxylic acid groups (broad SMARTS) is 1. The summed E-state index contributed by atoms with van der Waals surface area (Å²) in [4.78, 5) is 25.2. The molecule has 0 atom stereocenters. The summed E-state index contributed by atoms with van der Waals surface area (Å²) in [6.45, 7) is 0.400. The number of carboxylic acids is 1. The van der Waals surface area contributed by atoms with Gasteiger partial charge in [-0.3, -0.25) is 9.59 Å². The fourth-order valence-electron chi connectivity index (χ4n) is 1.15. The number of aromatic nitrogens is 2. The van der Waals surface area contributed by atoms with Gasteiger partial charge >= 0.3 is 5.97 Å². The minimum absolute atomic E-state index is 0.400. The summed E-state index contributed by atoms with van der Waals surface area (Å²) >= 11 is 0. The second-order valence-corrected chi connectivity index (χ2v) is 3.12. The molecule has 0 aliphatic heterocycles. The second-order valence-electron chi connectivity index (χ2n) is 3.12. The quantitative estimate of drug-likeness (QED) is 0.646. The number of carbonyl (C=O) groups is 2. The molecule has 0 unspecified atom stereocenters. The van der Waals surface area contributed by atoms with E-state index < -0.39 is 18.3 Å². The Balaban J connectivity index is 2.25. The van der Waals surface area contributed by atoms with E-state index in [4.69, 9.17) is 5.11 Å². The molecule has 2 N–H and O–H groups in total. The standard InChI is InChI=1S/C9H13N3O3/c1-12-5-4-10-7(12)2-3-11-8(13)6-9(14)15/h4-5H,2-3,6H2,1H3,(H,11,13)(H,14,15). The molecule has 0 radical (unpaired) electrons. The highest BCUT2D eigenvalue weighted by atomic mass is 16.4. The molecule has 0 spiro atoms. The molecule has 0 aromatic carbocycles. The van der Waals surface area contributed by atoms with E-state index in [1.807, 2.05) is 17.8 Å². The highest BCUT2D eigenvalue weighted by Crippen LogP contribution is 1.94. The number of hydrogen-bond acceptors (Lipinski definition) is 3. The Morgan fingerprint density at radius 1 is 1.60 bits per heavy atom. The predicted molar refractivity (Wildman–Crippen MR) is 52.2 cm³/mol. The van der Waals surface area contributed by atoms with Crippen LogP contribution in [0.2, 0.25) is 0 Å². The van der Waals surface area contributed by atoms with Crippen molar-refractivity contribution in [3.8, 4) is 0 Å². The fourth-order valence-corrected chi connectivity index (χ4v) is 1.15. The van der Waals surface area contributed by atoms with E-state index in [0.717, 1.165) is 5.82 Å². The molecule has 6 nitrogen and oxygen atoms in total. The van der Waals surface area contributed by atoms with Crippen LogP contribution >= 0.6 is 0 Å². The SMILES string of the molecule is Cn1ccnc1CCNC(=O)CC(=O)O. The monoisotopic (exact) mass is 211 g/mol. The van der Waals surface area contributed by atoms with Crippen LogP contribution < -0.4 is 5.32 Å². The lowest BCUT2D eigenvalue weighted by molar-refractivity contribution is -0.140. The van der Waals surface area contributed by atoms with Gasteiger partial charge in [0.05, 0.1) is 0 Å². The number of rotatable bonds is 5. The van der Waals surface area contributed by atoms with E-state index in [-0.39, 0.29) is 0 Å². The molecule has 1 aromatic heterocycles. The molecule has 1 rings (SSSR count). The van der Waals surface area contributed by atoms with E-state index in [0.29, 0.717) is 13.0 Å². The van der Waals surface area contributed by atoms with Gasteiger partial charge in [0.15, 0.2) is 0 Å². The van der Waals surface area contributed by atoms with Crippen LogP contribution in [-0.2, 0) is 23.1 Å². The summed E-state index contributed by atoms with van der Waals surface area (Å²) < 4.78 is 1.85. The molecular formula is C9H13N3O3. The Morgan fingerprint density at radius 2 is 2.33 bits per heavy atom. The molecule has 0 fully saturated rings. The minimum Gasteiger partial charge on any atom is -0.481 e. The molecule has 0 saturated heterocycles. The van der Waals surface area contributed by atoms with Crippen molar-refractivity contribution < 1.29 is 14.7 Å². The summed E-state index contributed by atoms with van der Waals surface area (Å²) in [5, 5.41) is 10.8. The maximum atomic E-state index is 10.9. The zero-order valence-corrected chi connectivity index (χ0v) is 8.43. The van der Waals surface area contributed by atoms with Gasteiger partial charge in [0, 0.05) is 32.4 Å². The second kappa shape index (κ2) is 5.14. The zero-order chi connectivity index (χ0) is 11.3. The molecule has 6 heteroatoms. The molecule has 1 aromatic rings. The molecule has 1 heterocycles. The van der Waals surface area contributed by atoms with Crippen LogP contribution in [0, 0.1) is 0 Å². The first-order valence-corrected chi connectivity index (χ1v) is 4.54. The highest BCUT2D eigenvalue weighted by Gasteiger charge is 2.06. The molecular weight excluding hydrogens is 198 g/mol. The van der Waals surface area contributed by atoms with Crippen molar-refractivity contribution in [3.63, 3.8) is 0 Å². The van der Waals surface area contributed by atoms with Gasteiger partial charge in [-0.05, 0) is 0 Å². The van der Waals surface area contributed by atoms with Crippen LogP contribution in [0.4, 0.5) is 0 Å². The molecule has 82 valence electrons. The van der Waals surface area contributed by atoms with Gasteiger partial charge in [-0.2, -0.15) is 0 Å². The first-order valence-electron chi connectivity index (χ1n) is 4.54. The maximum absolute atomic E-state index is 10.9. The number of imidazole rings is 1. The number of nitrogens with zero attached hydrogens (tertiary/aromatic N) is 2. The predicted octanol–water partition coefficient (Wildman–Crippen LogP) is -0.446. The largest absolute Gasteiger partial charge is 0.481 e. The van der Waals surface area contributed by atoms with Crippen molar-refractivity contribution in [2.24, 2.45) is 7.05 Å². The Kier molecular flexibility index (Phi) is 3.84. The number of nitrogens with one attached hydrogen (secondary N) is 1. The van der Waals surface area contributed by atoms with E-state index in [9.17, 15) is 9.59 Å². The summed E-state index contributed by atoms with van der Waals surface area (Å²) in [5.74, 6) is -0.744. The molecule has 0 bridgehead atoms. The number of carbonyl (C=O) groups excluding carboxylic acids is 1. The average molecular weight is 211 g/mol. The van der Waals surface area contributed by atoms with Gasteiger partial charge in [0.25, 0.3) is 0 Å². The third-order valence-corrected chi connectivity index (χ3v) is 1.90. The van der Waals surface area contributed by atoms with Gasteiger partial charge in [-0.1, -0.05) is 0 Å². The number of hydrogen-bond donors (Lipinski definition) is 2.